The third-order valence-electron chi connectivity index (χ3n) is 3.78. The van der Waals surface area contributed by atoms with Crippen LogP contribution in [0.3, 0.4) is 0 Å². The zero-order valence-electron chi connectivity index (χ0n) is 16.2. The van der Waals surface area contributed by atoms with Gasteiger partial charge in [-0.3, -0.25) is 4.99 Å². The fourth-order valence-electron chi connectivity index (χ4n) is 2.60. The fraction of sp³-hybridized carbons (Fsp3) is 0.350. The van der Waals surface area contributed by atoms with Gasteiger partial charge in [0.1, 0.15) is 0 Å². The van der Waals surface area contributed by atoms with Crippen molar-refractivity contribution in [2.45, 2.75) is 33.5 Å². The summed E-state index contributed by atoms with van der Waals surface area (Å²) in [5.41, 5.74) is 2.86. The van der Waals surface area contributed by atoms with Crippen molar-refractivity contribution in [1.29, 1.82) is 0 Å². The van der Waals surface area contributed by atoms with Gasteiger partial charge in [0, 0.05) is 25.7 Å². The summed E-state index contributed by atoms with van der Waals surface area (Å²) in [6.45, 7) is 2.11. The second-order valence-electron chi connectivity index (χ2n) is 5.82. The molecule has 2 N–H and O–H groups in total. The summed E-state index contributed by atoms with van der Waals surface area (Å²) in [5, 5.41) is 6.31. The number of nitrogens with one attached hydrogen (secondary N) is 2. The Hall–Kier alpha value is -2.10. The average molecular weight is 505 g/mol. The molecule has 0 bridgehead atoms. The number of hydrogen-bond acceptors (Lipinski definition) is 3. The van der Waals surface area contributed by atoms with E-state index in [1.165, 1.54) is 5.56 Å². The van der Waals surface area contributed by atoms with Crippen LogP contribution in [0.5, 0.6) is 11.5 Å². The van der Waals surface area contributed by atoms with E-state index in [9.17, 15) is 8.78 Å². The quantitative estimate of drug-likeness (QED) is 0.316. The minimum atomic E-state index is -2.93. The molecule has 28 heavy (non-hydrogen) atoms. The van der Waals surface area contributed by atoms with E-state index < -0.39 is 6.61 Å². The second-order valence-corrected chi connectivity index (χ2v) is 5.82. The highest BCUT2D eigenvalue weighted by atomic mass is 127. The van der Waals surface area contributed by atoms with E-state index in [1.54, 1.807) is 32.2 Å². The Kier molecular flexibility index (Phi) is 10.6. The Morgan fingerprint density at radius 2 is 1.82 bits per heavy atom. The molecule has 0 heterocycles. The van der Waals surface area contributed by atoms with Crippen LogP contribution in [0.15, 0.2) is 47.5 Å². The van der Waals surface area contributed by atoms with Crippen molar-refractivity contribution in [1.82, 2.24) is 10.6 Å². The van der Waals surface area contributed by atoms with Crippen LogP contribution in [-0.4, -0.2) is 26.2 Å². The lowest BCUT2D eigenvalue weighted by molar-refractivity contribution is -0.0520. The zero-order chi connectivity index (χ0) is 19.6. The number of para-hydroxylation sites is 1. The van der Waals surface area contributed by atoms with Gasteiger partial charge < -0.3 is 20.1 Å². The van der Waals surface area contributed by atoms with Crippen LogP contribution in [0.4, 0.5) is 8.78 Å². The lowest BCUT2D eigenvalue weighted by Gasteiger charge is -2.17. The number of halogens is 3. The molecule has 0 aliphatic carbocycles. The van der Waals surface area contributed by atoms with Gasteiger partial charge in [0.25, 0.3) is 0 Å². The maximum Gasteiger partial charge on any atom is 0.387 e. The van der Waals surface area contributed by atoms with Crippen molar-refractivity contribution in [3.8, 4) is 11.5 Å². The molecule has 2 aromatic rings. The SMILES string of the molecule is CCOc1cccc(CNC(=NC)NCc2cccc(C)c2)c1OC(F)F.I. The molecule has 0 atom stereocenters. The molecule has 0 radical (unpaired) electrons. The van der Waals surface area contributed by atoms with Gasteiger partial charge in [-0.1, -0.05) is 42.0 Å². The monoisotopic (exact) mass is 505 g/mol. The fourth-order valence-corrected chi connectivity index (χ4v) is 2.60. The number of aryl methyl sites for hydroxylation is 1. The lowest BCUT2D eigenvalue weighted by Crippen LogP contribution is -2.36. The van der Waals surface area contributed by atoms with Crippen molar-refractivity contribution in [2.24, 2.45) is 4.99 Å². The molecule has 2 rings (SSSR count). The molecule has 0 amide bonds. The highest BCUT2D eigenvalue weighted by Crippen LogP contribution is 2.32. The van der Waals surface area contributed by atoms with Crippen LogP contribution in [0.25, 0.3) is 0 Å². The number of alkyl halides is 2. The first-order valence-corrected chi connectivity index (χ1v) is 8.73. The first-order chi connectivity index (χ1) is 13.0. The molecule has 0 saturated carbocycles. The standard InChI is InChI=1S/C20H25F2N3O2.HI/c1-4-26-17-10-6-9-16(18(17)27-19(21)22)13-25-20(23-3)24-12-15-8-5-7-14(2)11-15;/h5-11,19H,4,12-13H2,1-3H3,(H2,23,24,25);1H. The van der Waals surface area contributed by atoms with E-state index in [-0.39, 0.29) is 36.3 Å². The molecular formula is C20H26F2IN3O2. The number of rotatable bonds is 8. The Balaban J connectivity index is 0.00000392. The molecular weight excluding hydrogens is 479 g/mol. The van der Waals surface area contributed by atoms with Gasteiger partial charge in [-0.25, -0.2) is 0 Å². The Bertz CT molecular complexity index is 773. The van der Waals surface area contributed by atoms with Gasteiger partial charge in [0.05, 0.1) is 6.61 Å². The number of aliphatic imine (C=N–C) groups is 1. The third-order valence-corrected chi connectivity index (χ3v) is 3.78. The molecule has 0 unspecified atom stereocenters. The van der Waals surface area contributed by atoms with Gasteiger partial charge in [-0.2, -0.15) is 8.78 Å². The van der Waals surface area contributed by atoms with Crippen molar-refractivity contribution in [3.63, 3.8) is 0 Å². The molecule has 0 fully saturated rings. The van der Waals surface area contributed by atoms with Crippen LogP contribution in [0.2, 0.25) is 0 Å². The summed E-state index contributed by atoms with van der Waals surface area (Å²) < 4.78 is 35.7. The summed E-state index contributed by atoms with van der Waals surface area (Å²) in [4.78, 5) is 4.16. The largest absolute Gasteiger partial charge is 0.490 e. The Morgan fingerprint density at radius 1 is 1.11 bits per heavy atom. The molecule has 0 aromatic heterocycles. The lowest BCUT2D eigenvalue weighted by atomic mass is 10.1. The Labute approximate surface area is 181 Å². The molecule has 0 aliphatic heterocycles. The summed E-state index contributed by atoms with van der Waals surface area (Å²) in [6.07, 6.45) is 0. The number of hydrogen-bond donors (Lipinski definition) is 2. The average Bonchev–Trinajstić information content (AvgIpc) is 2.64. The van der Waals surface area contributed by atoms with Crippen molar-refractivity contribution in [2.75, 3.05) is 13.7 Å². The minimum absolute atomic E-state index is 0. The van der Waals surface area contributed by atoms with Gasteiger partial charge in [-0.05, 0) is 25.5 Å². The van der Waals surface area contributed by atoms with Gasteiger partial charge >= 0.3 is 6.61 Å². The molecule has 2 aromatic carbocycles. The topological polar surface area (TPSA) is 54.9 Å². The predicted octanol–water partition coefficient (Wildman–Crippen LogP) is 4.48. The summed E-state index contributed by atoms with van der Waals surface area (Å²) in [7, 11) is 1.65. The van der Waals surface area contributed by atoms with E-state index in [2.05, 4.69) is 26.4 Å². The van der Waals surface area contributed by atoms with Gasteiger partial charge in [0.15, 0.2) is 17.5 Å². The summed E-state index contributed by atoms with van der Waals surface area (Å²) in [5.74, 6) is 0.886. The van der Waals surface area contributed by atoms with Gasteiger partial charge in [-0.15, -0.1) is 24.0 Å². The van der Waals surface area contributed by atoms with Crippen molar-refractivity contribution < 1.29 is 18.3 Å². The molecule has 0 saturated heterocycles. The highest BCUT2D eigenvalue weighted by Gasteiger charge is 2.16. The van der Waals surface area contributed by atoms with Crippen LogP contribution >= 0.6 is 24.0 Å². The van der Waals surface area contributed by atoms with E-state index in [4.69, 9.17) is 4.74 Å². The van der Waals surface area contributed by atoms with E-state index >= 15 is 0 Å². The van der Waals surface area contributed by atoms with Crippen molar-refractivity contribution in [3.05, 3.63) is 59.2 Å². The summed E-state index contributed by atoms with van der Waals surface area (Å²) in [6, 6.07) is 13.2. The predicted molar refractivity (Wildman–Crippen MR) is 118 cm³/mol. The van der Waals surface area contributed by atoms with E-state index in [0.717, 1.165) is 5.56 Å². The van der Waals surface area contributed by atoms with Gasteiger partial charge in [0.2, 0.25) is 0 Å². The maximum absolute atomic E-state index is 12.8. The van der Waals surface area contributed by atoms with Crippen LogP contribution in [-0.2, 0) is 13.1 Å². The minimum Gasteiger partial charge on any atom is -0.490 e. The molecule has 0 spiro atoms. The zero-order valence-corrected chi connectivity index (χ0v) is 18.5. The van der Waals surface area contributed by atoms with Crippen molar-refractivity contribution >= 4 is 29.9 Å². The summed E-state index contributed by atoms with van der Waals surface area (Å²) >= 11 is 0. The molecule has 8 heteroatoms. The first-order valence-electron chi connectivity index (χ1n) is 8.73. The number of nitrogens with zero attached hydrogens (tertiary/aromatic N) is 1. The Morgan fingerprint density at radius 3 is 2.46 bits per heavy atom. The van der Waals surface area contributed by atoms with E-state index in [0.29, 0.717) is 30.4 Å². The molecule has 5 nitrogen and oxygen atoms in total. The second kappa shape index (κ2) is 12.4. The molecule has 154 valence electrons. The van der Waals surface area contributed by atoms with Crippen LogP contribution in [0, 0.1) is 6.92 Å². The number of guanidine groups is 1. The highest BCUT2D eigenvalue weighted by molar-refractivity contribution is 14.0. The third kappa shape index (κ3) is 7.49. The molecule has 0 aliphatic rings. The smallest absolute Gasteiger partial charge is 0.387 e. The van der Waals surface area contributed by atoms with E-state index in [1.807, 2.05) is 25.1 Å². The first kappa shape index (κ1) is 23.9. The normalized spacial score (nSPS) is 11.0. The number of benzene rings is 2. The number of ether oxygens (including phenoxy) is 2. The maximum atomic E-state index is 12.8. The van der Waals surface area contributed by atoms with Crippen LogP contribution < -0.4 is 20.1 Å². The van der Waals surface area contributed by atoms with Crippen LogP contribution in [0.1, 0.15) is 23.6 Å².